The van der Waals surface area contributed by atoms with Crippen molar-refractivity contribution < 1.29 is 46.5 Å². The maximum absolute atomic E-state index is 12.5. The molecule has 4 aromatic carbocycles. The van der Waals surface area contributed by atoms with E-state index in [9.17, 15) is 19.2 Å². The highest BCUT2D eigenvalue weighted by atomic mass is 79.9. The first-order chi connectivity index (χ1) is 35.3. The van der Waals surface area contributed by atoms with Gasteiger partial charge in [-0.2, -0.15) is 18.6 Å². The van der Waals surface area contributed by atoms with E-state index in [1.807, 2.05) is 58.1 Å². The number of azo groups is 1. The number of anilines is 1. The zero-order chi connectivity index (χ0) is 51.8. The number of likely N-dealkylation sites (tertiary alicyclic amines) is 4. The summed E-state index contributed by atoms with van der Waals surface area (Å²) < 4.78 is 36.3. The topological polar surface area (TPSA) is 206 Å². The fourth-order valence-corrected chi connectivity index (χ4v) is 14.3. The number of halogens is 1. The summed E-state index contributed by atoms with van der Waals surface area (Å²) in [6.07, 6.45) is 5.86. The summed E-state index contributed by atoms with van der Waals surface area (Å²) in [5.41, 5.74) is 11.4. The number of carbonyl (C=O) groups excluding carboxylic acids is 4. The third-order valence-electron chi connectivity index (χ3n) is 16.5. The third kappa shape index (κ3) is 9.02. The molecule has 20 heteroatoms. The summed E-state index contributed by atoms with van der Waals surface area (Å²) >= 11 is 3.11. The largest absolute Gasteiger partial charge is 0.453 e. The number of hydrazine groups is 1. The molecule has 4 aromatic rings. The minimum absolute atomic E-state index is 0.0716. The quantitative estimate of drug-likeness (QED) is 0.0681. The number of carbonyl (C=O) groups is 4. The smallest absolute Gasteiger partial charge is 0.409 e. The molecule has 0 spiro atoms. The standard InChI is InChI=1S/C26H28N4O4.C14H19N3O2.C13H14BrNO2.O2S/c1-33-24(31)29-12-10-18-17-7-5-9-21(19(17)15-22(18)29)27-28-26-11-13-30(25(32)34-2)23(26)14-16-6-3-4-8-20(16)26;1-16(15)12-5-3-4-9-10-6-7-17(14(18)19-2)13(10)8-11(9)12;1-17-12(16)15-7-6-13(14)10-5-3-2-4-9(10)8-11(13)15;1-3-2/h3-9,18,22-23H,10-15H2,1-2H3;3-5,10,13H,6-8,15H2,1-2H3;2-5,11H,6-8H2,1H3;/t18-,22+,23-,26-;10-,13+;11-,13-;/m000./s1. The van der Waals surface area contributed by atoms with Crippen molar-refractivity contribution in [2.45, 2.75) is 97.2 Å². The second-order valence-electron chi connectivity index (χ2n) is 19.6. The molecule has 0 radical (unpaired) electrons. The van der Waals surface area contributed by atoms with Crippen molar-refractivity contribution in [2.24, 2.45) is 16.1 Å². The van der Waals surface area contributed by atoms with Crippen LogP contribution in [0.4, 0.5) is 30.6 Å². The molecule has 0 unspecified atom stereocenters. The van der Waals surface area contributed by atoms with E-state index in [0.717, 1.165) is 87.1 Å². The van der Waals surface area contributed by atoms with E-state index in [0.29, 0.717) is 24.8 Å². The Morgan fingerprint density at radius 3 is 1.68 bits per heavy atom. The Kier molecular flexibility index (Phi) is 15.0. The average Bonchev–Trinajstić information content (AvgIpc) is 4.29. The van der Waals surface area contributed by atoms with Crippen LogP contribution >= 0.6 is 15.9 Å². The molecule has 4 amide bonds. The van der Waals surface area contributed by atoms with E-state index < -0.39 is 17.1 Å². The maximum atomic E-state index is 12.5. The number of nitrogens with zero attached hydrogens (tertiary/aromatic N) is 7. The van der Waals surface area contributed by atoms with Crippen molar-refractivity contribution in [3.63, 3.8) is 0 Å². The van der Waals surface area contributed by atoms with Crippen LogP contribution in [0.15, 0.2) is 95.2 Å². The van der Waals surface area contributed by atoms with Crippen molar-refractivity contribution in [3.8, 4) is 0 Å². The van der Waals surface area contributed by atoms with Gasteiger partial charge in [-0.15, -0.1) is 0 Å². The SMILES string of the molecule is COC(=O)N1CC[C@H]2c3cccc(N(C)N)c3C[C@H]21.COC(=O)N1CC[C@H]2c3cccc(N=N[C@]45CCN(C(=O)OC)[C@H]4Cc4ccccc45)c3C[C@H]21.COC(=O)N1CC[C@]2(Br)c3ccccc3C[C@H]12.O=S=O. The molecule has 0 aromatic heterocycles. The van der Waals surface area contributed by atoms with Crippen LogP contribution in [0.5, 0.6) is 0 Å². The zero-order valence-electron chi connectivity index (χ0n) is 41.6. The number of hydrogen-bond acceptors (Lipinski definition) is 14. The fraction of sp³-hybridized carbons (Fsp3) is 0.472. The van der Waals surface area contributed by atoms with Gasteiger partial charge >= 0.3 is 35.9 Å². The Labute approximate surface area is 436 Å². The molecule has 4 aliphatic heterocycles. The van der Waals surface area contributed by atoms with Crippen LogP contribution in [0.25, 0.3) is 0 Å². The van der Waals surface area contributed by atoms with Crippen molar-refractivity contribution in [1.29, 1.82) is 0 Å². The Hall–Kier alpha value is -6.38. The van der Waals surface area contributed by atoms with Gasteiger partial charge in [0.05, 0.1) is 56.2 Å². The van der Waals surface area contributed by atoms with Gasteiger partial charge in [0.1, 0.15) is 5.54 Å². The molecule has 12 rings (SSSR count). The molecule has 0 saturated carbocycles. The second kappa shape index (κ2) is 21.2. The molecule has 0 bridgehead atoms. The summed E-state index contributed by atoms with van der Waals surface area (Å²) in [4.78, 5) is 55.6. The van der Waals surface area contributed by atoms with Gasteiger partial charge in [0.15, 0.2) is 0 Å². The number of hydrogen-bond donors (Lipinski definition) is 1. The van der Waals surface area contributed by atoms with Crippen LogP contribution in [0.3, 0.4) is 0 Å². The molecule has 8 atom stereocenters. The highest BCUT2D eigenvalue weighted by Gasteiger charge is 2.57. The van der Waals surface area contributed by atoms with E-state index in [2.05, 4.69) is 64.5 Å². The van der Waals surface area contributed by atoms with Crippen molar-refractivity contribution in [3.05, 3.63) is 129 Å². The highest BCUT2D eigenvalue weighted by Crippen LogP contribution is 2.54. The second-order valence-corrected chi connectivity index (χ2v) is 21.1. The third-order valence-corrected chi connectivity index (χ3v) is 17.9. The van der Waals surface area contributed by atoms with E-state index in [1.165, 1.54) is 61.8 Å². The normalized spacial score (nSPS) is 26.7. The molecular formula is C53H61BrN8O10S. The predicted octanol–water partition coefficient (Wildman–Crippen LogP) is 8.02. The molecule has 386 valence electrons. The van der Waals surface area contributed by atoms with Crippen molar-refractivity contribution in [1.82, 2.24) is 19.6 Å². The highest BCUT2D eigenvalue weighted by molar-refractivity contribution is 9.09. The summed E-state index contributed by atoms with van der Waals surface area (Å²) in [6, 6.07) is 29.5. The Morgan fingerprint density at radius 2 is 1.10 bits per heavy atom. The number of amides is 4. The van der Waals surface area contributed by atoms with Gasteiger partial charge in [-0.3, -0.25) is 0 Å². The number of fused-ring (bicyclic) bond motifs is 12. The van der Waals surface area contributed by atoms with Gasteiger partial charge in [-0.25, -0.2) is 25.0 Å². The van der Waals surface area contributed by atoms with E-state index >= 15 is 0 Å². The lowest BCUT2D eigenvalue weighted by atomic mass is 9.89. The number of ether oxygens (including phenoxy) is 4. The number of nitrogens with two attached hydrogens (primary N) is 1. The summed E-state index contributed by atoms with van der Waals surface area (Å²) in [7, 11) is 7.59. The summed E-state index contributed by atoms with van der Waals surface area (Å²) in [6.45, 7) is 2.86. The summed E-state index contributed by atoms with van der Waals surface area (Å²) in [5, 5.41) is 11.5. The van der Waals surface area contributed by atoms with Gasteiger partial charge in [0.2, 0.25) is 0 Å². The van der Waals surface area contributed by atoms with Gasteiger partial charge in [0.25, 0.3) is 0 Å². The number of benzene rings is 4. The van der Waals surface area contributed by atoms with Crippen LogP contribution in [0.1, 0.15) is 82.0 Å². The van der Waals surface area contributed by atoms with Gasteiger partial charge in [-0.05, 0) is 108 Å². The Balaban J connectivity index is 0.000000142. The minimum atomic E-state index is -0.750. The van der Waals surface area contributed by atoms with Crippen molar-refractivity contribution >= 4 is 63.2 Å². The predicted molar refractivity (Wildman–Crippen MR) is 274 cm³/mol. The van der Waals surface area contributed by atoms with Crippen LogP contribution in [-0.2, 0) is 66.1 Å². The molecule has 4 fully saturated rings. The molecule has 4 heterocycles. The summed E-state index contributed by atoms with van der Waals surface area (Å²) in [5.74, 6) is 6.62. The van der Waals surface area contributed by atoms with Gasteiger partial charge in [0, 0.05) is 57.1 Å². The molecule has 8 aliphatic rings. The first-order valence-electron chi connectivity index (χ1n) is 24.6. The fourth-order valence-electron chi connectivity index (χ4n) is 13.3. The molecule has 2 N–H and O–H groups in total. The van der Waals surface area contributed by atoms with Crippen LogP contribution < -0.4 is 10.9 Å². The van der Waals surface area contributed by atoms with E-state index in [4.69, 9.17) is 43.4 Å². The van der Waals surface area contributed by atoms with Crippen LogP contribution in [-0.4, -0.2) is 138 Å². The lowest BCUT2D eigenvalue weighted by Crippen LogP contribution is -2.42. The molecule has 4 saturated heterocycles. The molecule has 18 nitrogen and oxygen atoms in total. The number of methoxy groups -OCH3 is 4. The lowest BCUT2D eigenvalue weighted by Gasteiger charge is -2.28. The van der Waals surface area contributed by atoms with Crippen LogP contribution in [0.2, 0.25) is 0 Å². The average molecular weight is 1080 g/mol. The maximum Gasteiger partial charge on any atom is 0.409 e. The lowest BCUT2D eigenvalue weighted by molar-refractivity contribution is 0.113. The first kappa shape index (κ1) is 51.5. The van der Waals surface area contributed by atoms with Crippen molar-refractivity contribution in [2.75, 3.05) is 66.7 Å². The molecular weight excluding hydrogens is 1020 g/mol. The molecule has 4 aliphatic carbocycles. The van der Waals surface area contributed by atoms with Crippen LogP contribution in [0, 0.1) is 0 Å². The van der Waals surface area contributed by atoms with Gasteiger partial charge in [-0.1, -0.05) is 88.7 Å². The number of alkyl halides is 1. The number of rotatable bonds is 3. The monoisotopic (exact) mass is 1080 g/mol. The van der Waals surface area contributed by atoms with Gasteiger partial charge < -0.3 is 43.6 Å². The molecule has 73 heavy (non-hydrogen) atoms. The minimum Gasteiger partial charge on any atom is -0.453 e. The Morgan fingerprint density at radius 1 is 0.616 bits per heavy atom. The van der Waals surface area contributed by atoms with E-state index in [1.54, 1.807) is 9.91 Å². The van der Waals surface area contributed by atoms with E-state index in [-0.39, 0.29) is 52.9 Å². The first-order valence-corrected chi connectivity index (χ1v) is 26.1. The zero-order valence-corrected chi connectivity index (χ0v) is 44.0. The Bertz CT molecular complexity index is 2850.